The summed E-state index contributed by atoms with van der Waals surface area (Å²) in [6.45, 7) is 9.23. The van der Waals surface area contributed by atoms with E-state index in [1.54, 1.807) is 0 Å². The maximum atomic E-state index is 13.3. The highest BCUT2D eigenvalue weighted by Gasteiger charge is 2.48. The zero-order valence-corrected chi connectivity index (χ0v) is 19.8. The molecule has 0 aliphatic carbocycles. The first-order valence-electron chi connectivity index (χ1n) is 11.5. The predicted molar refractivity (Wildman–Crippen MR) is 123 cm³/mol. The highest BCUT2D eigenvalue weighted by Crippen LogP contribution is 2.43. The molecule has 5 heteroatoms. The lowest BCUT2D eigenvalue weighted by atomic mass is 9.77. The van der Waals surface area contributed by atoms with Crippen molar-refractivity contribution in [2.75, 3.05) is 37.7 Å². The molecule has 0 bridgehead atoms. The highest BCUT2D eigenvalue weighted by atomic mass is 79.9. The quantitative estimate of drug-likeness (QED) is 0.419. The van der Waals surface area contributed by atoms with Crippen LogP contribution in [0.25, 0.3) is 0 Å². The van der Waals surface area contributed by atoms with E-state index >= 15 is 0 Å². The zero-order chi connectivity index (χ0) is 20.7. The Labute approximate surface area is 185 Å². The summed E-state index contributed by atoms with van der Waals surface area (Å²) in [5, 5.41) is 0. The number of hydrogen-bond acceptors (Lipinski definition) is 3. The number of anilines is 1. The third-order valence-corrected chi connectivity index (χ3v) is 7.19. The molecule has 1 spiro atoms. The van der Waals surface area contributed by atoms with Crippen molar-refractivity contribution in [2.45, 2.75) is 71.3 Å². The summed E-state index contributed by atoms with van der Waals surface area (Å²) in [6.07, 6.45) is 9.22. The number of hydrogen-bond donors (Lipinski definition) is 0. The van der Waals surface area contributed by atoms with Crippen LogP contribution in [0.5, 0.6) is 0 Å². The first-order valence-corrected chi connectivity index (χ1v) is 12.3. The van der Waals surface area contributed by atoms with Gasteiger partial charge in [0.05, 0.1) is 11.5 Å². The Hall–Kier alpha value is -0.910. The van der Waals surface area contributed by atoms with Gasteiger partial charge < -0.3 is 14.5 Å². The summed E-state index contributed by atoms with van der Waals surface area (Å²) >= 11 is 3.48. The molecule has 0 aromatic heterocycles. The van der Waals surface area contributed by atoms with E-state index in [1.165, 1.54) is 19.3 Å². The number of amides is 1. The molecule has 162 valence electrons. The smallest absolute Gasteiger partial charge is 0.233 e. The van der Waals surface area contributed by atoms with E-state index in [9.17, 15) is 4.79 Å². The molecule has 0 radical (unpaired) electrons. The zero-order valence-electron chi connectivity index (χ0n) is 18.2. The largest absolute Gasteiger partial charge is 0.377 e. The van der Waals surface area contributed by atoms with Gasteiger partial charge in [-0.05, 0) is 69.5 Å². The van der Waals surface area contributed by atoms with Crippen molar-refractivity contribution in [1.82, 2.24) is 4.90 Å². The minimum absolute atomic E-state index is 0.147. The van der Waals surface area contributed by atoms with Crippen LogP contribution in [0.15, 0.2) is 28.7 Å². The Kier molecular flexibility index (Phi) is 8.57. The molecule has 2 heterocycles. The number of unbranched alkanes of at least 4 members (excludes halogenated alkanes) is 2. The fourth-order valence-corrected chi connectivity index (χ4v) is 4.92. The molecule has 3 rings (SSSR count). The van der Waals surface area contributed by atoms with Crippen molar-refractivity contribution >= 4 is 27.5 Å². The predicted octanol–water partition coefficient (Wildman–Crippen LogP) is 5.64. The van der Waals surface area contributed by atoms with Gasteiger partial charge in [0, 0.05) is 29.9 Å². The van der Waals surface area contributed by atoms with Gasteiger partial charge in [0.2, 0.25) is 5.91 Å². The second-order valence-corrected chi connectivity index (χ2v) is 9.67. The van der Waals surface area contributed by atoms with E-state index in [0.29, 0.717) is 12.0 Å². The fraction of sp³-hybridized carbons (Fsp3) is 0.708. The van der Waals surface area contributed by atoms with Gasteiger partial charge in [-0.3, -0.25) is 4.79 Å². The van der Waals surface area contributed by atoms with E-state index in [-0.39, 0.29) is 5.41 Å². The second-order valence-electron chi connectivity index (χ2n) is 8.75. The molecule has 1 unspecified atom stereocenters. The molecule has 1 amide bonds. The Bertz CT molecular complexity index is 641. The SMILES string of the molecule is CCCCOC(CCCC)CN1CCC2(CC1)CCN(c1ccc(Br)cc1)C2=O. The summed E-state index contributed by atoms with van der Waals surface area (Å²) in [5.41, 5.74) is 0.882. The lowest BCUT2D eigenvalue weighted by molar-refractivity contribution is -0.128. The lowest BCUT2D eigenvalue weighted by Gasteiger charge is -2.39. The van der Waals surface area contributed by atoms with Gasteiger partial charge in [-0.1, -0.05) is 49.0 Å². The van der Waals surface area contributed by atoms with Crippen LogP contribution in [0.2, 0.25) is 0 Å². The lowest BCUT2D eigenvalue weighted by Crippen LogP contribution is -2.47. The number of benzene rings is 1. The third-order valence-electron chi connectivity index (χ3n) is 6.66. The van der Waals surface area contributed by atoms with Crippen LogP contribution in [-0.2, 0) is 9.53 Å². The van der Waals surface area contributed by atoms with Crippen LogP contribution < -0.4 is 4.90 Å². The number of likely N-dealkylation sites (tertiary alicyclic amines) is 1. The summed E-state index contributed by atoms with van der Waals surface area (Å²) in [5.74, 6) is 0.334. The van der Waals surface area contributed by atoms with Crippen LogP contribution in [0.4, 0.5) is 5.69 Å². The Morgan fingerprint density at radius 3 is 2.34 bits per heavy atom. The summed E-state index contributed by atoms with van der Waals surface area (Å²) < 4.78 is 7.24. The van der Waals surface area contributed by atoms with Crippen molar-refractivity contribution in [3.63, 3.8) is 0 Å². The van der Waals surface area contributed by atoms with Crippen molar-refractivity contribution in [3.05, 3.63) is 28.7 Å². The van der Waals surface area contributed by atoms with Crippen LogP contribution in [-0.4, -0.2) is 49.7 Å². The maximum Gasteiger partial charge on any atom is 0.233 e. The number of ether oxygens (including phenoxy) is 1. The van der Waals surface area contributed by atoms with E-state index in [2.05, 4.69) is 34.7 Å². The molecule has 2 saturated heterocycles. The van der Waals surface area contributed by atoms with E-state index in [4.69, 9.17) is 4.74 Å². The molecule has 0 saturated carbocycles. The summed E-state index contributed by atoms with van der Waals surface area (Å²) in [6, 6.07) is 8.13. The van der Waals surface area contributed by atoms with Gasteiger partial charge in [-0.15, -0.1) is 0 Å². The molecule has 1 aromatic rings. The van der Waals surface area contributed by atoms with Gasteiger partial charge in [0.25, 0.3) is 0 Å². The molecule has 29 heavy (non-hydrogen) atoms. The van der Waals surface area contributed by atoms with Gasteiger partial charge in [0.15, 0.2) is 0 Å². The van der Waals surface area contributed by atoms with Crippen molar-refractivity contribution < 1.29 is 9.53 Å². The number of nitrogens with zero attached hydrogens (tertiary/aromatic N) is 2. The average Bonchev–Trinajstić information content (AvgIpc) is 3.04. The highest BCUT2D eigenvalue weighted by molar-refractivity contribution is 9.10. The molecule has 4 nitrogen and oxygen atoms in total. The molecule has 1 atom stereocenters. The minimum Gasteiger partial charge on any atom is -0.377 e. The van der Waals surface area contributed by atoms with E-state index in [1.807, 2.05) is 29.2 Å². The van der Waals surface area contributed by atoms with Crippen molar-refractivity contribution in [2.24, 2.45) is 5.41 Å². The molecule has 2 fully saturated rings. The van der Waals surface area contributed by atoms with Crippen LogP contribution >= 0.6 is 15.9 Å². The number of carbonyl (C=O) groups is 1. The first kappa shape index (κ1) is 22.8. The monoisotopic (exact) mass is 464 g/mol. The van der Waals surface area contributed by atoms with Gasteiger partial charge >= 0.3 is 0 Å². The Balaban J connectivity index is 1.53. The molecule has 1 aromatic carbocycles. The second kappa shape index (κ2) is 10.9. The van der Waals surface area contributed by atoms with Gasteiger partial charge in [0.1, 0.15) is 0 Å². The van der Waals surface area contributed by atoms with Gasteiger partial charge in [-0.2, -0.15) is 0 Å². The van der Waals surface area contributed by atoms with Crippen LogP contribution in [0.3, 0.4) is 0 Å². The van der Waals surface area contributed by atoms with Crippen molar-refractivity contribution in [3.8, 4) is 0 Å². The molecular formula is C24H37BrN2O2. The Morgan fingerprint density at radius 2 is 1.69 bits per heavy atom. The standard InChI is InChI=1S/C24H37BrN2O2/c1-3-5-7-22(29-18-6-4-2)19-26-15-12-24(13-16-26)14-17-27(23(24)28)21-10-8-20(25)9-11-21/h8-11,22H,3-7,12-19H2,1-2H3. The van der Waals surface area contributed by atoms with Crippen molar-refractivity contribution in [1.29, 1.82) is 0 Å². The maximum absolute atomic E-state index is 13.3. The summed E-state index contributed by atoms with van der Waals surface area (Å²) in [7, 11) is 0. The number of carbonyl (C=O) groups excluding carboxylic acids is 1. The Morgan fingerprint density at radius 1 is 1.03 bits per heavy atom. The van der Waals surface area contributed by atoms with Crippen LogP contribution in [0.1, 0.15) is 65.2 Å². The topological polar surface area (TPSA) is 32.8 Å². The summed E-state index contributed by atoms with van der Waals surface area (Å²) in [4.78, 5) is 17.8. The average molecular weight is 465 g/mol. The van der Waals surface area contributed by atoms with Gasteiger partial charge in [-0.25, -0.2) is 0 Å². The molecule has 2 aliphatic heterocycles. The minimum atomic E-state index is -0.147. The third kappa shape index (κ3) is 5.83. The van der Waals surface area contributed by atoms with E-state index in [0.717, 1.165) is 75.1 Å². The van der Waals surface area contributed by atoms with E-state index < -0.39 is 0 Å². The number of halogens is 1. The molecule has 2 aliphatic rings. The normalized spacial score (nSPS) is 20.5. The fourth-order valence-electron chi connectivity index (χ4n) is 4.66. The number of rotatable bonds is 10. The number of piperidine rings is 1. The first-order chi connectivity index (χ1) is 14.1. The molecular weight excluding hydrogens is 428 g/mol. The van der Waals surface area contributed by atoms with Crippen LogP contribution in [0, 0.1) is 5.41 Å². The molecule has 0 N–H and O–H groups in total.